The molecule has 18 heavy (non-hydrogen) atoms. The fourth-order valence-corrected chi connectivity index (χ4v) is 1.65. The summed E-state index contributed by atoms with van der Waals surface area (Å²) in [7, 11) is 0. The second-order valence-electron chi connectivity index (χ2n) is 4.23. The van der Waals surface area contributed by atoms with E-state index in [1.165, 1.54) is 18.2 Å². The van der Waals surface area contributed by atoms with E-state index in [-0.39, 0.29) is 11.6 Å². The molecule has 0 aliphatic heterocycles. The Morgan fingerprint density at radius 3 is 2.72 bits per heavy atom. The number of carbonyl (C=O) groups excluding carboxylic acids is 1. The molecule has 0 fully saturated rings. The van der Waals surface area contributed by atoms with Crippen molar-refractivity contribution in [3.63, 3.8) is 0 Å². The number of hydrogen-bond donors (Lipinski definition) is 1. The molecule has 0 saturated carbocycles. The van der Waals surface area contributed by atoms with Crippen LogP contribution in [0.1, 0.15) is 22.8 Å². The van der Waals surface area contributed by atoms with Gasteiger partial charge >= 0.3 is 0 Å². The SMILES string of the molecule is Cc1cc(C(=O)NCC(C)CBr)ccc1[N+](=O)[O-]. The Labute approximate surface area is 114 Å². The lowest BCUT2D eigenvalue weighted by molar-refractivity contribution is -0.385. The standard InChI is InChI=1S/C12H15BrN2O3/c1-8(6-13)7-14-12(16)10-3-4-11(15(17)18)9(2)5-10/h3-5,8H,6-7H2,1-2H3,(H,14,16). The van der Waals surface area contributed by atoms with Crippen LogP contribution in [-0.4, -0.2) is 22.7 Å². The van der Waals surface area contributed by atoms with Gasteiger partial charge in [-0.05, 0) is 25.0 Å². The van der Waals surface area contributed by atoms with Gasteiger partial charge in [-0.2, -0.15) is 0 Å². The van der Waals surface area contributed by atoms with Crippen molar-refractivity contribution in [3.8, 4) is 0 Å². The van der Waals surface area contributed by atoms with Crippen molar-refractivity contribution in [1.82, 2.24) is 5.32 Å². The molecule has 98 valence electrons. The van der Waals surface area contributed by atoms with Crippen LogP contribution >= 0.6 is 15.9 Å². The third-order valence-electron chi connectivity index (χ3n) is 2.53. The van der Waals surface area contributed by atoms with Crippen LogP contribution in [0.25, 0.3) is 0 Å². The molecular weight excluding hydrogens is 300 g/mol. The van der Waals surface area contributed by atoms with E-state index in [1.807, 2.05) is 6.92 Å². The van der Waals surface area contributed by atoms with Gasteiger partial charge in [0.05, 0.1) is 4.92 Å². The highest BCUT2D eigenvalue weighted by molar-refractivity contribution is 9.09. The molecule has 0 radical (unpaired) electrons. The molecule has 1 unspecified atom stereocenters. The first-order valence-electron chi connectivity index (χ1n) is 5.55. The highest BCUT2D eigenvalue weighted by Crippen LogP contribution is 2.18. The van der Waals surface area contributed by atoms with Crippen LogP contribution in [0.2, 0.25) is 0 Å². The van der Waals surface area contributed by atoms with Gasteiger partial charge in [0.25, 0.3) is 11.6 Å². The average Bonchev–Trinajstić information content (AvgIpc) is 2.34. The van der Waals surface area contributed by atoms with E-state index < -0.39 is 4.92 Å². The Morgan fingerprint density at radius 2 is 2.22 bits per heavy atom. The van der Waals surface area contributed by atoms with Crippen molar-refractivity contribution >= 4 is 27.5 Å². The van der Waals surface area contributed by atoms with Gasteiger partial charge in [0, 0.05) is 29.1 Å². The predicted molar refractivity (Wildman–Crippen MR) is 73.1 cm³/mol. The Morgan fingerprint density at radius 1 is 1.56 bits per heavy atom. The molecule has 0 heterocycles. The number of amides is 1. The monoisotopic (exact) mass is 314 g/mol. The molecule has 1 rings (SSSR count). The molecule has 5 nitrogen and oxygen atoms in total. The first-order chi connectivity index (χ1) is 8.45. The fourth-order valence-electron chi connectivity index (χ4n) is 1.43. The molecule has 0 bridgehead atoms. The van der Waals surface area contributed by atoms with E-state index in [0.717, 1.165) is 5.33 Å². The van der Waals surface area contributed by atoms with Crippen molar-refractivity contribution in [2.75, 3.05) is 11.9 Å². The number of nitrogens with one attached hydrogen (secondary N) is 1. The van der Waals surface area contributed by atoms with Gasteiger partial charge in [0.15, 0.2) is 0 Å². The van der Waals surface area contributed by atoms with Crippen LogP contribution < -0.4 is 5.32 Å². The molecule has 1 atom stereocenters. The van der Waals surface area contributed by atoms with Crippen molar-refractivity contribution < 1.29 is 9.72 Å². The number of nitrogens with zero attached hydrogens (tertiary/aromatic N) is 1. The van der Waals surface area contributed by atoms with E-state index in [0.29, 0.717) is 23.6 Å². The first-order valence-corrected chi connectivity index (χ1v) is 6.67. The number of nitro benzene ring substituents is 1. The molecule has 1 aromatic rings. The number of nitro groups is 1. The number of halogens is 1. The maximum atomic E-state index is 11.8. The second kappa shape index (κ2) is 6.49. The number of alkyl halides is 1. The highest BCUT2D eigenvalue weighted by atomic mass is 79.9. The third kappa shape index (κ3) is 3.80. The normalized spacial score (nSPS) is 11.9. The summed E-state index contributed by atoms with van der Waals surface area (Å²) in [6.45, 7) is 4.20. The molecule has 1 N–H and O–H groups in total. The summed E-state index contributed by atoms with van der Waals surface area (Å²) in [6.07, 6.45) is 0. The first kappa shape index (κ1) is 14.6. The average molecular weight is 315 g/mol. The van der Waals surface area contributed by atoms with Crippen LogP contribution in [0.5, 0.6) is 0 Å². The van der Waals surface area contributed by atoms with Crippen molar-refractivity contribution in [1.29, 1.82) is 0 Å². The minimum atomic E-state index is -0.454. The van der Waals surface area contributed by atoms with E-state index in [9.17, 15) is 14.9 Å². The molecule has 0 spiro atoms. The molecule has 0 aliphatic rings. The predicted octanol–water partition coefficient (Wildman–Crippen LogP) is 2.66. The zero-order valence-corrected chi connectivity index (χ0v) is 11.9. The maximum Gasteiger partial charge on any atom is 0.272 e. The number of carbonyl (C=O) groups is 1. The maximum absolute atomic E-state index is 11.8. The topological polar surface area (TPSA) is 72.2 Å². The minimum absolute atomic E-state index is 0.0281. The van der Waals surface area contributed by atoms with E-state index in [1.54, 1.807) is 6.92 Å². The number of rotatable bonds is 5. The molecule has 1 amide bonds. The molecule has 1 aromatic carbocycles. The van der Waals surface area contributed by atoms with Crippen LogP contribution in [0, 0.1) is 23.0 Å². The van der Waals surface area contributed by atoms with Crippen molar-refractivity contribution in [2.24, 2.45) is 5.92 Å². The lowest BCUT2D eigenvalue weighted by atomic mass is 10.1. The van der Waals surface area contributed by atoms with Gasteiger partial charge in [-0.15, -0.1) is 0 Å². The van der Waals surface area contributed by atoms with Crippen molar-refractivity contribution in [3.05, 3.63) is 39.4 Å². The Balaban J connectivity index is 2.76. The zero-order valence-electron chi connectivity index (χ0n) is 10.3. The third-order valence-corrected chi connectivity index (χ3v) is 3.64. The van der Waals surface area contributed by atoms with Crippen LogP contribution in [-0.2, 0) is 0 Å². The van der Waals surface area contributed by atoms with Gasteiger partial charge in [0.1, 0.15) is 0 Å². The second-order valence-corrected chi connectivity index (χ2v) is 4.88. The quantitative estimate of drug-likeness (QED) is 0.516. The van der Waals surface area contributed by atoms with Gasteiger partial charge in [-0.3, -0.25) is 14.9 Å². The van der Waals surface area contributed by atoms with Crippen LogP contribution in [0.3, 0.4) is 0 Å². The summed E-state index contributed by atoms with van der Waals surface area (Å²) in [5.74, 6) is 0.133. The zero-order chi connectivity index (χ0) is 13.7. The Hall–Kier alpha value is -1.43. The van der Waals surface area contributed by atoms with Gasteiger partial charge in [-0.25, -0.2) is 0 Å². The van der Waals surface area contributed by atoms with Gasteiger partial charge in [-0.1, -0.05) is 22.9 Å². The van der Waals surface area contributed by atoms with E-state index >= 15 is 0 Å². The van der Waals surface area contributed by atoms with E-state index in [2.05, 4.69) is 21.2 Å². The lowest BCUT2D eigenvalue weighted by Gasteiger charge is -2.09. The van der Waals surface area contributed by atoms with Crippen LogP contribution in [0.15, 0.2) is 18.2 Å². The number of benzene rings is 1. The molecule has 6 heteroatoms. The molecular formula is C12H15BrN2O3. The summed E-state index contributed by atoms with van der Waals surface area (Å²) < 4.78 is 0. The Bertz CT molecular complexity index is 463. The molecule has 0 aromatic heterocycles. The number of aryl methyl sites for hydroxylation is 1. The number of hydrogen-bond acceptors (Lipinski definition) is 3. The summed E-state index contributed by atoms with van der Waals surface area (Å²) in [5.41, 5.74) is 0.960. The Kier molecular flexibility index (Phi) is 5.27. The smallest absolute Gasteiger partial charge is 0.272 e. The lowest BCUT2D eigenvalue weighted by Crippen LogP contribution is -2.28. The minimum Gasteiger partial charge on any atom is -0.352 e. The fraction of sp³-hybridized carbons (Fsp3) is 0.417. The largest absolute Gasteiger partial charge is 0.352 e. The summed E-state index contributed by atoms with van der Waals surface area (Å²) in [5, 5.41) is 14.3. The van der Waals surface area contributed by atoms with Crippen molar-refractivity contribution in [2.45, 2.75) is 13.8 Å². The molecule has 0 aliphatic carbocycles. The summed E-state index contributed by atoms with van der Waals surface area (Å²) >= 11 is 3.33. The highest BCUT2D eigenvalue weighted by Gasteiger charge is 2.13. The summed E-state index contributed by atoms with van der Waals surface area (Å²) in [4.78, 5) is 22.0. The van der Waals surface area contributed by atoms with Crippen LogP contribution in [0.4, 0.5) is 5.69 Å². The molecule has 0 saturated heterocycles. The van der Waals surface area contributed by atoms with Gasteiger partial charge < -0.3 is 5.32 Å². The van der Waals surface area contributed by atoms with Gasteiger partial charge in [0.2, 0.25) is 0 Å². The summed E-state index contributed by atoms with van der Waals surface area (Å²) in [6, 6.07) is 4.36. The van der Waals surface area contributed by atoms with E-state index in [4.69, 9.17) is 0 Å².